The lowest BCUT2D eigenvalue weighted by atomic mass is 10.3. The molecule has 0 aliphatic heterocycles. The van der Waals surface area contributed by atoms with Crippen molar-refractivity contribution in [3.8, 4) is 0 Å². The molecule has 1 aromatic heterocycles. The van der Waals surface area contributed by atoms with Crippen LogP contribution in [0.25, 0.3) is 11.0 Å². The molecule has 2 aromatic rings. The Hall–Kier alpha value is -1.91. The highest BCUT2D eigenvalue weighted by Gasteiger charge is 2.09. The Bertz CT molecular complexity index is 434. The monoisotopic (exact) mass is 163 g/mol. The van der Waals surface area contributed by atoms with Gasteiger partial charge in [0.25, 0.3) is 5.69 Å². The third kappa shape index (κ3) is 0.914. The van der Waals surface area contributed by atoms with Gasteiger partial charge in [-0.15, -0.1) is 0 Å². The van der Waals surface area contributed by atoms with Gasteiger partial charge in [-0.1, -0.05) is 0 Å². The van der Waals surface area contributed by atoms with Gasteiger partial charge in [-0.2, -0.15) is 5.84 Å². The van der Waals surface area contributed by atoms with Crippen molar-refractivity contribution in [3.63, 3.8) is 0 Å². The van der Waals surface area contributed by atoms with Crippen LogP contribution in [-0.4, -0.2) is 14.8 Å². The van der Waals surface area contributed by atoms with Gasteiger partial charge in [0.2, 0.25) is 0 Å². The van der Waals surface area contributed by atoms with Gasteiger partial charge in [0.15, 0.2) is 4.87 Å². The Balaban J connectivity index is 2.68. The molecule has 0 saturated heterocycles. The molecule has 5 heteroatoms. The zero-order valence-corrected chi connectivity index (χ0v) is 6.19. The molecule has 0 bridgehead atoms. The first-order valence-corrected chi connectivity index (χ1v) is 3.42. The number of rotatable bonds is 1. The number of hydrogen-bond acceptors (Lipinski definition) is 2. The summed E-state index contributed by atoms with van der Waals surface area (Å²) in [6, 6.07) is 5.00. The molecule has 0 aliphatic rings. The molecule has 60 valence electrons. The van der Waals surface area contributed by atoms with E-state index in [9.17, 15) is 4.91 Å². The Morgan fingerprint density at radius 1 is 1.50 bits per heavy atom. The second-order valence-electron chi connectivity index (χ2n) is 2.43. The lowest BCUT2D eigenvalue weighted by Crippen LogP contribution is -2.08. The van der Waals surface area contributed by atoms with Crippen LogP contribution in [0, 0.1) is 4.91 Å². The third-order valence-electron chi connectivity index (χ3n) is 1.66. The van der Waals surface area contributed by atoms with Gasteiger partial charge in [-0.25, -0.2) is 4.98 Å². The molecule has 0 unspecified atom stereocenters. The molecule has 0 radical (unpaired) electrons. The van der Waals surface area contributed by atoms with Gasteiger partial charge < -0.3 is 4.98 Å². The van der Waals surface area contributed by atoms with Gasteiger partial charge in [0, 0.05) is 12.1 Å². The van der Waals surface area contributed by atoms with E-state index in [0.29, 0.717) is 10.6 Å². The number of imidazole rings is 1. The minimum atomic E-state index is 0.320. The normalized spacial score (nSPS) is 10.3. The molecule has 0 saturated carbocycles. The third-order valence-corrected chi connectivity index (χ3v) is 1.66. The zero-order chi connectivity index (χ0) is 8.55. The summed E-state index contributed by atoms with van der Waals surface area (Å²) in [5.74, 6) is 5.02. The molecular weight excluding hydrogens is 156 g/mol. The van der Waals surface area contributed by atoms with E-state index in [1.165, 1.54) is 0 Å². The maximum Gasteiger partial charge on any atom is 0.293 e. The van der Waals surface area contributed by atoms with E-state index in [1.54, 1.807) is 24.5 Å². The average Bonchev–Trinajstić information content (AvgIpc) is 2.49. The number of hydrazine groups is 1. The number of hydrogen-bond donors (Lipinski definition) is 2. The molecule has 3 N–H and O–H groups in total. The standard InChI is InChI=1S/C7H7N4O/c8-11(12)5-1-2-6-7(3-5)10-4-9-6/h1-4H,(H2,8,12)(H,9,10)/q+1. The van der Waals surface area contributed by atoms with E-state index >= 15 is 0 Å². The molecule has 2 rings (SSSR count). The summed E-state index contributed by atoms with van der Waals surface area (Å²) >= 11 is 0. The number of aromatic nitrogens is 2. The number of nitrogens with two attached hydrogens (primary N) is 1. The smallest absolute Gasteiger partial charge is 0.293 e. The lowest BCUT2D eigenvalue weighted by Gasteiger charge is -1.86. The molecule has 0 spiro atoms. The maximum absolute atomic E-state index is 10.7. The SMILES string of the molecule is N[N+](=O)c1ccc2nc[nH]c2c1. The van der Waals surface area contributed by atoms with Gasteiger partial charge in [-0.05, 0) is 6.07 Å². The largest absolute Gasteiger partial charge is 0.344 e. The van der Waals surface area contributed by atoms with Crippen LogP contribution in [0.2, 0.25) is 0 Å². The van der Waals surface area contributed by atoms with Crippen molar-refractivity contribution in [2.75, 3.05) is 0 Å². The number of nitrogens with one attached hydrogen (secondary N) is 1. The van der Waals surface area contributed by atoms with E-state index in [0.717, 1.165) is 11.0 Å². The van der Waals surface area contributed by atoms with Gasteiger partial charge in [-0.3, -0.25) is 0 Å². The second kappa shape index (κ2) is 2.30. The summed E-state index contributed by atoms with van der Waals surface area (Å²) < 4.78 is 0. The summed E-state index contributed by atoms with van der Waals surface area (Å²) in [6.45, 7) is 0. The Kier molecular flexibility index (Phi) is 1.30. The molecule has 12 heavy (non-hydrogen) atoms. The number of benzene rings is 1. The van der Waals surface area contributed by atoms with Crippen molar-refractivity contribution in [2.24, 2.45) is 5.84 Å². The first kappa shape index (κ1) is 6.78. The topological polar surface area (TPSA) is 74.8 Å². The first-order chi connectivity index (χ1) is 5.77. The minimum Gasteiger partial charge on any atom is -0.344 e. The van der Waals surface area contributed by atoms with Crippen molar-refractivity contribution in [1.82, 2.24) is 9.97 Å². The van der Waals surface area contributed by atoms with Crippen molar-refractivity contribution in [1.29, 1.82) is 0 Å². The number of H-pyrrole nitrogens is 1. The molecule has 0 aliphatic carbocycles. The quantitative estimate of drug-likeness (QED) is 0.371. The molecule has 5 nitrogen and oxygen atoms in total. The van der Waals surface area contributed by atoms with E-state index in [4.69, 9.17) is 5.84 Å². The van der Waals surface area contributed by atoms with E-state index in [1.807, 2.05) is 0 Å². The van der Waals surface area contributed by atoms with Gasteiger partial charge in [0.05, 0.1) is 22.3 Å². The maximum atomic E-state index is 10.7. The highest BCUT2D eigenvalue weighted by Crippen LogP contribution is 2.15. The number of nitroso groups, excluding NO2 is 1. The summed E-state index contributed by atoms with van der Waals surface area (Å²) in [5.41, 5.74) is 2.03. The summed E-state index contributed by atoms with van der Waals surface area (Å²) in [4.78, 5) is 17.9. The zero-order valence-electron chi connectivity index (χ0n) is 6.19. The van der Waals surface area contributed by atoms with Crippen LogP contribution >= 0.6 is 0 Å². The van der Waals surface area contributed by atoms with Crippen molar-refractivity contribution in [3.05, 3.63) is 29.4 Å². The van der Waals surface area contributed by atoms with Gasteiger partial charge in [0.1, 0.15) is 0 Å². The van der Waals surface area contributed by atoms with Crippen molar-refractivity contribution < 1.29 is 4.87 Å². The van der Waals surface area contributed by atoms with Crippen LogP contribution in [-0.2, 0) is 0 Å². The molecule has 1 heterocycles. The summed E-state index contributed by atoms with van der Waals surface area (Å²) in [5, 5.41) is 0. The van der Waals surface area contributed by atoms with Crippen LogP contribution in [0.3, 0.4) is 0 Å². The number of aromatic amines is 1. The number of fused-ring (bicyclic) bond motifs is 1. The average molecular weight is 163 g/mol. The molecule has 0 fully saturated rings. The van der Waals surface area contributed by atoms with E-state index in [-0.39, 0.29) is 0 Å². The highest BCUT2D eigenvalue weighted by atomic mass is 16.3. The van der Waals surface area contributed by atoms with E-state index < -0.39 is 0 Å². The molecule has 0 amide bonds. The van der Waals surface area contributed by atoms with Crippen LogP contribution in [0.4, 0.5) is 5.69 Å². The van der Waals surface area contributed by atoms with Crippen LogP contribution in [0.5, 0.6) is 0 Å². The summed E-state index contributed by atoms with van der Waals surface area (Å²) in [6.07, 6.45) is 1.57. The highest BCUT2D eigenvalue weighted by molar-refractivity contribution is 5.76. The fourth-order valence-corrected chi connectivity index (χ4v) is 1.06. The van der Waals surface area contributed by atoms with Crippen LogP contribution in [0.1, 0.15) is 0 Å². The Morgan fingerprint density at radius 3 is 3.08 bits per heavy atom. The Labute approximate surface area is 67.8 Å². The number of nitrogens with zero attached hydrogens (tertiary/aromatic N) is 2. The van der Waals surface area contributed by atoms with Gasteiger partial charge >= 0.3 is 0 Å². The minimum absolute atomic E-state index is 0.320. The second-order valence-corrected chi connectivity index (χ2v) is 2.43. The predicted molar refractivity (Wildman–Crippen MR) is 43.6 cm³/mol. The van der Waals surface area contributed by atoms with E-state index in [2.05, 4.69) is 9.97 Å². The lowest BCUT2D eigenvalue weighted by molar-refractivity contribution is -0.474. The molecule has 1 aromatic carbocycles. The van der Waals surface area contributed by atoms with Crippen molar-refractivity contribution in [2.45, 2.75) is 0 Å². The van der Waals surface area contributed by atoms with Crippen LogP contribution < -0.4 is 5.84 Å². The fraction of sp³-hybridized carbons (Fsp3) is 0. The predicted octanol–water partition coefficient (Wildman–Crippen LogP) is 0.847. The molecular formula is C7H7N4O+. The van der Waals surface area contributed by atoms with Crippen LogP contribution in [0.15, 0.2) is 24.5 Å². The summed E-state index contributed by atoms with van der Waals surface area (Å²) in [7, 11) is 0. The first-order valence-electron chi connectivity index (χ1n) is 3.42. The molecule has 0 atom stereocenters. The van der Waals surface area contributed by atoms with Crippen molar-refractivity contribution >= 4 is 16.7 Å². The fourth-order valence-electron chi connectivity index (χ4n) is 1.06. The Morgan fingerprint density at radius 2 is 2.33 bits per heavy atom.